The van der Waals surface area contributed by atoms with Crippen molar-refractivity contribution >= 4 is 0 Å². The van der Waals surface area contributed by atoms with Crippen molar-refractivity contribution in [3.63, 3.8) is 0 Å². The summed E-state index contributed by atoms with van der Waals surface area (Å²) < 4.78 is 0. The highest BCUT2D eigenvalue weighted by Crippen LogP contribution is 2.35. The topological polar surface area (TPSA) is 40.5 Å². The van der Waals surface area contributed by atoms with Gasteiger partial charge in [-0.3, -0.25) is 0 Å². The van der Waals surface area contributed by atoms with Gasteiger partial charge in [-0.05, 0) is 72.1 Å². The van der Waals surface area contributed by atoms with Gasteiger partial charge < -0.3 is 10.2 Å². The third-order valence-electron chi connectivity index (χ3n) is 3.99. The highest BCUT2D eigenvalue weighted by Gasteiger charge is 2.32. The Morgan fingerprint density at radius 2 is 1.88 bits per heavy atom. The Morgan fingerprint density at radius 1 is 1.24 bits per heavy atom. The number of hydrogen-bond donors (Lipinski definition) is 2. The molecule has 0 spiro atoms. The molecule has 100 valence electrons. The molecule has 0 saturated heterocycles. The van der Waals surface area contributed by atoms with E-state index in [0.29, 0.717) is 5.92 Å². The van der Waals surface area contributed by atoms with Gasteiger partial charge in [0.15, 0.2) is 0 Å². The van der Waals surface area contributed by atoms with E-state index in [4.69, 9.17) is 0 Å². The summed E-state index contributed by atoms with van der Waals surface area (Å²) in [5.74, 6) is 0.382. The molecule has 1 aliphatic rings. The summed E-state index contributed by atoms with van der Waals surface area (Å²) in [6.45, 7) is 7.78. The molecule has 0 saturated carbocycles. The van der Waals surface area contributed by atoms with E-state index in [-0.39, 0.29) is 0 Å². The molecule has 0 aromatic rings. The lowest BCUT2D eigenvalue weighted by Crippen LogP contribution is -2.36. The van der Waals surface area contributed by atoms with Crippen LogP contribution in [-0.4, -0.2) is 21.4 Å². The van der Waals surface area contributed by atoms with E-state index in [1.165, 1.54) is 5.57 Å². The Morgan fingerprint density at radius 3 is 2.35 bits per heavy atom. The maximum atomic E-state index is 10.5. The van der Waals surface area contributed by atoms with Crippen LogP contribution in [0, 0.1) is 5.92 Å². The predicted octanol–water partition coefficient (Wildman–Crippen LogP) is 3.43. The fraction of sp³-hybridized carbons (Fsp3) is 0.867. The normalized spacial score (nSPS) is 25.3. The smallest absolute Gasteiger partial charge is 0.0650 e. The Balaban J connectivity index is 2.40. The summed E-state index contributed by atoms with van der Waals surface area (Å²) in [5, 5.41) is 20.2. The molecule has 1 aliphatic carbocycles. The highest BCUT2D eigenvalue weighted by molar-refractivity contribution is 5.05. The molecule has 2 atom stereocenters. The van der Waals surface area contributed by atoms with Crippen molar-refractivity contribution in [2.75, 3.05) is 0 Å². The van der Waals surface area contributed by atoms with Crippen LogP contribution in [0.25, 0.3) is 0 Å². The van der Waals surface area contributed by atoms with Gasteiger partial charge in [-0.2, -0.15) is 0 Å². The molecule has 0 aromatic carbocycles. The zero-order valence-electron chi connectivity index (χ0n) is 11.8. The summed E-state index contributed by atoms with van der Waals surface area (Å²) in [6, 6.07) is 0. The van der Waals surface area contributed by atoms with Crippen LogP contribution in [0.15, 0.2) is 11.6 Å². The average molecular weight is 240 g/mol. The van der Waals surface area contributed by atoms with Crippen molar-refractivity contribution in [3.8, 4) is 0 Å². The first-order valence-corrected chi connectivity index (χ1v) is 6.81. The van der Waals surface area contributed by atoms with E-state index in [1.54, 1.807) is 0 Å². The van der Waals surface area contributed by atoms with Crippen LogP contribution in [0.3, 0.4) is 0 Å². The molecule has 0 unspecified atom stereocenters. The molecular weight excluding hydrogens is 212 g/mol. The molecule has 0 bridgehead atoms. The largest absolute Gasteiger partial charge is 0.390 e. The second kappa shape index (κ2) is 5.53. The van der Waals surface area contributed by atoms with E-state index in [1.807, 2.05) is 20.8 Å². The van der Waals surface area contributed by atoms with Gasteiger partial charge in [-0.25, -0.2) is 0 Å². The van der Waals surface area contributed by atoms with Crippen LogP contribution in [0.5, 0.6) is 0 Å². The van der Waals surface area contributed by atoms with Crippen LogP contribution in [0.1, 0.15) is 66.2 Å². The SMILES string of the molecule is CC1=CC[C@@H]([C@@](C)(O)CCCC(C)(C)O)CC1. The van der Waals surface area contributed by atoms with Gasteiger partial charge >= 0.3 is 0 Å². The first-order valence-electron chi connectivity index (χ1n) is 6.81. The van der Waals surface area contributed by atoms with Gasteiger partial charge in [0.05, 0.1) is 11.2 Å². The summed E-state index contributed by atoms with van der Waals surface area (Å²) in [7, 11) is 0. The first kappa shape index (κ1) is 14.7. The van der Waals surface area contributed by atoms with Crippen molar-refractivity contribution in [1.82, 2.24) is 0 Å². The zero-order chi connectivity index (χ0) is 13.1. The van der Waals surface area contributed by atoms with Crippen molar-refractivity contribution in [2.24, 2.45) is 5.92 Å². The number of hydrogen-bond acceptors (Lipinski definition) is 2. The standard InChI is InChI=1S/C15H28O2/c1-12-6-8-13(9-7-12)15(4,17)11-5-10-14(2,3)16/h6,13,16-17H,5,7-11H2,1-4H3/t13-,15+/m1/s1. The number of aliphatic hydroxyl groups is 2. The van der Waals surface area contributed by atoms with E-state index in [9.17, 15) is 10.2 Å². The first-order chi connectivity index (χ1) is 7.71. The molecule has 2 N–H and O–H groups in total. The third kappa shape index (κ3) is 5.22. The maximum absolute atomic E-state index is 10.5. The molecule has 0 aliphatic heterocycles. The van der Waals surface area contributed by atoms with Gasteiger partial charge in [-0.15, -0.1) is 0 Å². The minimum absolute atomic E-state index is 0.382. The molecular formula is C15H28O2. The van der Waals surface area contributed by atoms with Crippen molar-refractivity contribution < 1.29 is 10.2 Å². The number of rotatable bonds is 5. The van der Waals surface area contributed by atoms with Crippen molar-refractivity contribution in [2.45, 2.75) is 77.4 Å². The molecule has 0 amide bonds. The average Bonchev–Trinajstić information content (AvgIpc) is 2.15. The van der Waals surface area contributed by atoms with E-state index >= 15 is 0 Å². The molecule has 0 radical (unpaired) electrons. The Bertz CT molecular complexity index is 271. The molecule has 0 heterocycles. The third-order valence-corrected chi connectivity index (χ3v) is 3.99. The summed E-state index contributed by atoms with van der Waals surface area (Å²) in [4.78, 5) is 0. The molecule has 17 heavy (non-hydrogen) atoms. The van der Waals surface area contributed by atoms with Gasteiger partial charge in [0.25, 0.3) is 0 Å². The van der Waals surface area contributed by atoms with Gasteiger partial charge in [0.1, 0.15) is 0 Å². The molecule has 2 nitrogen and oxygen atoms in total. The maximum Gasteiger partial charge on any atom is 0.0650 e. The van der Waals surface area contributed by atoms with Crippen LogP contribution in [-0.2, 0) is 0 Å². The lowest BCUT2D eigenvalue weighted by atomic mass is 9.76. The lowest BCUT2D eigenvalue weighted by Gasteiger charge is -2.35. The Kier molecular flexibility index (Phi) is 4.79. The second-order valence-electron chi connectivity index (χ2n) is 6.54. The Hall–Kier alpha value is -0.340. The number of allylic oxidation sites excluding steroid dienone is 2. The van der Waals surface area contributed by atoms with E-state index < -0.39 is 11.2 Å². The highest BCUT2D eigenvalue weighted by atomic mass is 16.3. The van der Waals surface area contributed by atoms with Crippen LogP contribution in [0.4, 0.5) is 0 Å². The minimum Gasteiger partial charge on any atom is -0.390 e. The monoisotopic (exact) mass is 240 g/mol. The summed E-state index contributed by atoms with van der Waals surface area (Å²) in [5.41, 5.74) is 0.259. The molecule has 1 rings (SSSR count). The fourth-order valence-corrected chi connectivity index (χ4v) is 2.61. The van der Waals surface area contributed by atoms with Gasteiger partial charge in [-0.1, -0.05) is 11.6 Å². The zero-order valence-corrected chi connectivity index (χ0v) is 11.8. The van der Waals surface area contributed by atoms with Gasteiger partial charge in [0.2, 0.25) is 0 Å². The van der Waals surface area contributed by atoms with E-state index in [2.05, 4.69) is 13.0 Å². The van der Waals surface area contributed by atoms with E-state index in [0.717, 1.165) is 38.5 Å². The molecule has 0 aromatic heterocycles. The molecule has 2 heteroatoms. The van der Waals surface area contributed by atoms with Crippen LogP contribution in [0.2, 0.25) is 0 Å². The summed E-state index contributed by atoms with van der Waals surface area (Å²) in [6.07, 6.45) is 7.90. The van der Waals surface area contributed by atoms with Crippen molar-refractivity contribution in [3.05, 3.63) is 11.6 Å². The Labute approximate surface area is 106 Å². The molecule has 0 fully saturated rings. The second-order valence-corrected chi connectivity index (χ2v) is 6.54. The minimum atomic E-state index is -0.612. The quantitative estimate of drug-likeness (QED) is 0.723. The predicted molar refractivity (Wildman–Crippen MR) is 71.9 cm³/mol. The van der Waals surface area contributed by atoms with Gasteiger partial charge in [0, 0.05) is 0 Å². The lowest BCUT2D eigenvalue weighted by molar-refractivity contribution is -0.0211. The van der Waals surface area contributed by atoms with Crippen LogP contribution < -0.4 is 0 Å². The fourth-order valence-electron chi connectivity index (χ4n) is 2.61. The van der Waals surface area contributed by atoms with Crippen molar-refractivity contribution in [1.29, 1.82) is 0 Å². The van der Waals surface area contributed by atoms with Crippen LogP contribution >= 0.6 is 0 Å². The summed E-state index contributed by atoms with van der Waals surface area (Å²) >= 11 is 0.